The fourth-order valence-electron chi connectivity index (χ4n) is 3.69. The number of rotatable bonds is 5. The van der Waals surface area contributed by atoms with Gasteiger partial charge in [0.05, 0.1) is 23.7 Å². The number of para-hydroxylation sites is 1. The van der Waals surface area contributed by atoms with Gasteiger partial charge in [0.2, 0.25) is 0 Å². The maximum absolute atomic E-state index is 13.3. The second-order valence-electron chi connectivity index (χ2n) is 7.75. The van der Waals surface area contributed by atoms with Crippen molar-refractivity contribution in [2.75, 3.05) is 12.0 Å². The molecular formula is C27H18N2O6S. The Balaban J connectivity index is 1.47. The molecule has 8 nitrogen and oxygen atoms in total. The Hall–Kier alpha value is -4.76. The number of methoxy groups -OCH3 is 1. The molecule has 0 bridgehead atoms. The maximum atomic E-state index is 13.3. The second kappa shape index (κ2) is 9.47. The molecule has 3 aromatic carbocycles. The summed E-state index contributed by atoms with van der Waals surface area (Å²) in [6.07, 6.45) is 2.40. The Bertz CT molecular complexity index is 1590. The van der Waals surface area contributed by atoms with Gasteiger partial charge in [-0.25, -0.2) is 0 Å². The predicted octanol–water partition coefficient (Wildman–Crippen LogP) is 4.43. The standard InChI is InChI=1S/C27H18N2O6S/c1-33-20-11-12-23-21(14-20)24(30)16(15-34-23)13-22-25(31)28-27(36)29(26(22)32)17-7-9-19(10-8-17)35-18-5-3-2-4-6-18/h2-15H,1H3,(H,28,31,36). The Labute approximate surface area is 210 Å². The van der Waals surface area contributed by atoms with Gasteiger partial charge < -0.3 is 13.9 Å². The van der Waals surface area contributed by atoms with Crippen LogP contribution in [0.3, 0.4) is 0 Å². The van der Waals surface area contributed by atoms with Crippen LogP contribution in [0.2, 0.25) is 0 Å². The van der Waals surface area contributed by atoms with E-state index < -0.39 is 17.2 Å². The van der Waals surface area contributed by atoms with Crippen molar-refractivity contribution in [3.63, 3.8) is 0 Å². The lowest BCUT2D eigenvalue weighted by Gasteiger charge is -2.29. The van der Waals surface area contributed by atoms with Gasteiger partial charge in [0.25, 0.3) is 11.8 Å². The first-order valence-electron chi connectivity index (χ1n) is 10.8. The first-order chi connectivity index (χ1) is 17.4. The van der Waals surface area contributed by atoms with E-state index in [9.17, 15) is 14.4 Å². The zero-order valence-electron chi connectivity index (χ0n) is 18.9. The van der Waals surface area contributed by atoms with Crippen molar-refractivity contribution in [2.45, 2.75) is 0 Å². The van der Waals surface area contributed by atoms with E-state index in [0.29, 0.717) is 28.5 Å². The summed E-state index contributed by atoms with van der Waals surface area (Å²) < 4.78 is 16.5. The smallest absolute Gasteiger partial charge is 0.270 e. The van der Waals surface area contributed by atoms with Crippen molar-refractivity contribution in [3.8, 4) is 17.2 Å². The summed E-state index contributed by atoms with van der Waals surface area (Å²) in [5.74, 6) is 0.312. The van der Waals surface area contributed by atoms with Crippen molar-refractivity contribution < 1.29 is 23.5 Å². The molecule has 0 spiro atoms. The molecule has 0 radical (unpaired) electrons. The number of hydrogen-bond donors (Lipinski definition) is 1. The van der Waals surface area contributed by atoms with Crippen molar-refractivity contribution in [1.29, 1.82) is 0 Å². The molecule has 0 saturated carbocycles. The first-order valence-corrected chi connectivity index (χ1v) is 11.2. The summed E-state index contributed by atoms with van der Waals surface area (Å²) in [5.41, 5.74) is 0.135. The highest BCUT2D eigenvalue weighted by atomic mass is 32.1. The third-order valence-corrected chi connectivity index (χ3v) is 5.77. The van der Waals surface area contributed by atoms with Crippen molar-refractivity contribution in [1.82, 2.24) is 5.32 Å². The van der Waals surface area contributed by atoms with E-state index in [0.717, 1.165) is 0 Å². The molecular weight excluding hydrogens is 480 g/mol. The van der Waals surface area contributed by atoms with E-state index in [4.69, 9.17) is 26.1 Å². The monoisotopic (exact) mass is 498 g/mol. The van der Waals surface area contributed by atoms with E-state index >= 15 is 0 Å². The first kappa shape index (κ1) is 23.0. The van der Waals surface area contributed by atoms with Gasteiger partial charge in [-0.2, -0.15) is 0 Å². The highest BCUT2D eigenvalue weighted by molar-refractivity contribution is 7.80. The average Bonchev–Trinajstić information content (AvgIpc) is 2.89. The van der Waals surface area contributed by atoms with Crippen LogP contribution >= 0.6 is 12.2 Å². The van der Waals surface area contributed by atoms with Gasteiger partial charge in [-0.05, 0) is 72.9 Å². The number of fused-ring (bicyclic) bond motifs is 1. The lowest BCUT2D eigenvalue weighted by atomic mass is 10.1. The number of carbonyl (C=O) groups excluding carboxylic acids is 2. The van der Waals surface area contributed by atoms with E-state index in [1.54, 1.807) is 36.4 Å². The minimum Gasteiger partial charge on any atom is -0.497 e. The number of carbonyl (C=O) groups is 2. The zero-order valence-corrected chi connectivity index (χ0v) is 19.7. The van der Waals surface area contributed by atoms with Crippen molar-refractivity contribution >= 4 is 51.9 Å². The molecule has 0 unspecified atom stereocenters. The molecule has 1 N–H and O–H groups in total. The molecule has 9 heteroatoms. The molecule has 1 aliphatic rings. The largest absolute Gasteiger partial charge is 0.497 e. The van der Waals surface area contributed by atoms with Crippen molar-refractivity contribution in [3.05, 3.63) is 100 Å². The third kappa shape index (κ3) is 4.35. The van der Waals surface area contributed by atoms with Crippen molar-refractivity contribution in [2.24, 2.45) is 0 Å². The fraction of sp³-hybridized carbons (Fsp3) is 0.0370. The SMILES string of the molecule is COc1ccc2occ(C=C3C(=O)NC(=S)N(c4ccc(Oc5ccccc5)cc4)C3=O)c(=O)c2c1. The van der Waals surface area contributed by atoms with Gasteiger partial charge in [0, 0.05) is 0 Å². The Kier molecular flexibility index (Phi) is 6.05. The van der Waals surface area contributed by atoms with Crippen LogP contribution in [0.15, 0.2) is 93.8 Å². The number of amides is 2. The minimum absolute atomic E-state index is 0.0358. The van der Waals surface area contributed by atoms with Crippen LogP contribution in [0.1, 0.15) is 5.56 Å². The second-order valence-corrected chi connectivity index (χ2v) is 8.14. The molecule has 2 heterocycles. The van der Waals surface area contributed by atoms with Gasteiger partial charge in [0.1, 0.15) is 34.7 Å². The maximum Gasteiger partial charge on any atom is 0.270 e. The molecule has 1 aromatic heterocycles. The van der Waals surface area contributed by atoms with Gasteiger partial charge in [-0.1, -0.05) is 18.2 Å². The summed E-state index contributed by atoms with van der Waals surface area (Å²) in [4.78, 5) is 40.2. The number of nitrogens with zero attached hydrogens (tertiary/aromatic N) is 1. The number of nitrogens with one attached hydrogen (secondary N) is 1. The molecule has 1 fully saturated rings. The molecule has 0 aliphatic carbocycles. The van der Waals surface area contributed by atoms with Gasteiger partial charge in [0.15, 0.2) is 10.5 Å². The van der Waals surface area contributed by atoms with E-state index in [2.05, 4.69) is 5.32 Å². The summed E-state index contributed by atoms with van der Waals surface area (Å²) in [5, 5.41) is 2.69. The fourth-order valence-corrected chi connectivity index (χ4v) is 3.97. The Morgan fingerprint density at radius 2 is 1.61 bits per heavy atom. The summed E-state index contributed by atoms with van der Waals surface area (Å²) in [6, 6.07) is 20.7. The number of anilines is 1. The van der Waals surface area contributed by atoms with Gasteiger partial charge >= 0.3 is 0 Å². The minimum atomic E-state index is -0.713. The molecule has 4 aromatic rings. The van der Waals surface area contributed by atoms with E-state index in [-0.39, 0.29) is 21.6 Å². The predicted molar refractivity (Wildman–Crippen MR) is 138 cm³/mol. The number of thiocarbonyl (C=S) groups is 1. The number of ether oxygens (including phenoxy) is 2. The highest BCUT2D eigenvalue weighted by Crippen LogP contribution is 2.27. The van der Waals surface area contributed by atoms with Crippen LogP contribution in [0.5, 0.6) is 17.2 Å². The number of benzene rings is 3. The van der Waals surface area contributed by atoms with Crippen LogP contribution in [-0.4, -0.2) is 24.0 Å². The highest BCUT2D eigenvalue weighted by Gasteiger charge is 2.34. The van der Waals surface area contributed by atoms with Crippen LogP contribution in [0, 0.1) is 0 Å². The summed E-state index contributed by atoms with van der Waals surface area (Å²) in [7, 11) is 1.48. The average molecular weight is 499 g/mol. The zero-order chi connectivity index (χ0) is 25.2. The summed E-state index contributed by atoms with van der Waals surface area (Å²) in [6.45, 7) is 0. The lowest BCUT2D eigenvalue weighted by Crippen LogP contribution is -2.54. The molecule has 1 saturated heterocycles. The topological polar surface area (TPSA) is 98.1 Å². The lowest BCUT2D eigenvalue weighted by molar-refractivity contribution is -0.122. The Morgan fingerprint density at radius 1 is 0.917 bits per heavy atom. The number of hydrogen-bond acceptors (Lipinski definition) is 7. The summed E-state index contributed by atoms with van der Waals surface area (Å²) >= 11 is 5.26. The molecule has 5 rings (SSSR count). The van der Waals surface area contributed by atoms with Crippen LogP contribution in [-0.2, 0) is 9.59 Å². The van der Waals surface area contributed by atoms with Gasteiger partial charge in [-0.15, -0.1) is 0 Å². The van der Waals surface area contributed by atoms with Crippen LogP contribution in [0.25, 0.3) is 17.0 Å². The Morgan fingerprint density at radius 3 is 2.33 bits per heavy atom. The molecule has 2 amide bonds. The quantitative estimate of drug-likeness (QED) is 0.247. The molecule has 36 heavy (non-hydrogen) atoms. The van der Waals surface area contributed by atoms with Gasteiger partial charge in [-0.3, -0.25) is 24.6 Å². The van der Waals surface area contributed by atoms with Crippen LogP contribution < -0.4 is 25.1 Å². The van der Waals surface area contributed by atoms with E-state index in [1.165, 1.54) is 30.4 Å². The third-order valence-electron chi connectivity index (χ3n) is 5.48. The molecule has 178 valence electrons. The molecule has 0 atom stereocenters. The van der Waals surface area contributed by atoms with Crippen LogP contribution in [0.4, 0.5) is 5.69 Å². The molecule has 1 aliphatic heterocycles. The normalized spacial score (nSPS) is 14.8. The van der Waals surface area contributed by atoms with E-state index in [1.807, 2.05) is 30.3 Å².